The number of halogens is 1. The second-order valence-corrected chi connectivity index (χ2v) is 6.27. The Morgan fingerprint density at radius 2 is 2.00 bits per heavy atom. The van der Waals surface area contributed by atoms with E-state index in [9.17, 15) is 4.79 Å². The van der Waals surface area contributed by atoms with Crippen LogP contribution in [0.1, 0.15) is 25.3 Å². The third kappa shape index (κ3) is 8.04. The lowest BCUT2D eigenvalue weighted by Crippen LogP contribution is -2.48. The number of aliphatic imine (C=N–C) groups is 1. The smallest absolute Gasteiger partial charge is 0.239 e. The van der Waals surface area contributed by atoms with Crippen molar-refractivity contribution in [3.63, 3.8) is 0 Å². The fourth-order valence-electron chi connectivity index (χ4n) is 2.69. The van der Waals surface area contributed by atoms with Crippen molar-refractivity contribution in [2.24, 2.45) is 4.99 Å². The minimum Gasteiger partial charge on any atom is -0.373 e. The van der Waals surface area contributed by atoms with Crippen LogP contribution in [0.4, 0.5) is 0 Å². The number of rotatable bonds is 7. The molecule has 1 heterocycles. The summed E-state index contributed by atoms with van der Waals surface area (Å²) in [6.07, 6.45) is 2.96. The number of carbonyl (C=O) groups excluding carboxylic acids is 1. The van der Waals surface area contributed by atoms with Gasteiger partial charge in [-0.2, -0.15) is 0 Å². The lowest BCUT2D eigenvalue weighted by molar-refractivity contribution is -0.119. The largest absolute Gasteiger partial charge is 0.373 e. The van der Waals surface area contributed by atoms with Crippen LogP contribution < -0.4 is 16.0 Å². The van der Waals surface area contributed by atoms with Gasteiger partial charge in [0.2, 0.25) is 5.91 Å². The predicted molar refractivity (Wildman–Crippen MR) is 112 cm³/mol. The van der Waals surface area contributed by atoms with Crippen LogP contribution in [0.15, 0.2) is 35.3 Å². The molecule has 3 N–H and O–H groups in total. The van der Waals surface area contributed by atoms with Gasteiger partial charge >= 0.3 is 0 Å². The molecule has 0 saturated carbocycles. The van der Waals surface area contributed by atoms with Crippen molar-refractivity contribution in [1.82, 2.24) is 16.0 Å². The SMILES string of the molecule is CN=C(NCC(=O)NCCc1ccccc1)NCC1(C)CCCO1.I. The predicted octanol–water partition coefficient (Wildman–Crippen LogP) is 1.70. The molecule has 1 fully saturated rings. The third-order valence-electron chi connectivity index (χ3n) is 4.15. The van der Waals surface area contributed by atoms with E-state index >= 15 is 0 Å². The fourth-order valence-corrected chi connectivity index (χ4v) is 2.69. The Balaban J connectivity index is 0.00000312. The van der Waals surface area contributed by atoms with Gasteiger partial charge in [0.1, 0.15) is 0 Å². The number of ether oxygens (including phenoxy) is 1. The van der Waals surface area contributed by atoms with Crippen LogP contribution in [0.2, 0.25) is 0 Å². The third-order valence-corrected chi connectivity index (χ3v) is 4.15. The first-order valence-corrected chi connectivity index (χ1v) is 8.50. The zero-order valence-electron chi connectivity index (χ0n) is 15.0. The first-order valence-electron chi connectivity index (χ1n) is 8.50. The summed E-state index contributed by atoms with van der Waals surface area (Å²) >= 11 is 0. The van der Waals surface area contributed by atoms with E-state index in [2.05, 4.69) is 40.0 Å². The average molecular weight is 460 g/mol. The molecule has 0 aliphatic carbocycles. The lowest BCUT2D eigenvalue weighted by Gasteiger charge is -2.24. The standard InChI is InChI=1S/C18H28N4O2.HI/c1-18(10-6-12-24-18)14-22-17(19-2)21-13-16(23)20-11-9-15-7-4-3-5-8-15;/h3-5,7-8H,6,9-14H2,1-2H3,(H,20,23)(H2,19,21,22);1H. The van der Waals surface area contributed by atoms with E-state index < -0.39 is 0 Å². The fraction of sp³-hybridized carbons (Fsp3) is 0.556. The maximum Gasteiger partial charge on any atom is 0.239 e. The molecule has 1 atom stereocenters. The Bertz CT molecular complexity index is 545. The molecule has 2 rings (SSSR count). The summed E-state index contributed by atoms with van der Waals surface area (Å²) in [4.78, 5) is 16.0. The van der Waals surface area contributed by atoms with E-state index in [0.29, 0.717) is 19.0 Å². The summed E-state index contributed by atoms with van der Waals surface area (Å²) in [7, 11) is 1.69. The maximum atomic E-state index is 11.9. The highest BCUT2D eigenvalue weighted by atomic mass is 127. The highest BCUT2D eigenvalue weighted by Crippen LogP contribution is 2.23. The van der Waals surface area contributed by atoms with Gasteiger partial charge in [0.15, 0.2) is 5.96 Å². The number of hydrogen-bond donors (Lipinski definition) is 3. The van der Waals surface area contributed by atoms with Gasteiger partial charge < -0.3 is 20.7 Å². The highest BCUT2D eigenvalue weighted by molar-refractivity contribution is 14.0. The number of hydrogen-bond acceptors (Lipinski definition) is 3. The second kappa shape index (κ2) is 11.3. The zero-order chi connectivity index (χ0) is 17.3. The number of nitrogens with zero attached hydrogens (tertiary/aromatic N) is 1. The molecule has 1 aliphatic heterocycles. The van der Waals surface area contributed by atoms with E-state index in [1.807, 2.05) is 18.2 Å². The summed E-state index contributed by atoms with van der Waals surface area (Å²) in [5, 5.41) is 9.16. The van der Waals surface area contributed by atoms with Crippen molar-refractivity contribution in [1.29, 1.82) is 0 Å². The van der Waals surface area contributed by atoms with Gasteiger partial charge in [0.25, 0.3) is 0 Å². The number of benzene rings is 1. The van der Waals surface area contributed by atoms with Gasteiger partial charge in [-0.3, -0.25) is 9.79 Å². The van der Waals surface area contributed by atoms with Crippen LogP contribution >= 0.6 is 24.0 Å². The highest BCUT2D eigenvalue weighted by Gasteiger charge is 2.29. The molecule has 1 amide bonds. The van der Waals surface area contributed by atoms with Crippen LogP contribution in [0.25, 0.3) is 0 Å². The van der Waals surface area contributed by atoms with Crippen molar-refractivity contribution >= 4 is 35.8 Å². The zero-order valence-corrected chi connectivity index (χ0v) is 17.3. The van der Waals surface area contributed by atoms with E-state index in [1.54, 1.807) is 7.05 Å². The quantitative estimate of drug-likeness (QED) is 0.329. The molecular formula is C18H29IN4O2. The van der Waals surface area contributed by atoms with Gasteiger partial charge in [-0.25, -0.2) is 0 Å². The van der Waals surface area contributed by atoms with Crippen LogP contribution in [0, 0.1) is 0 Å². The molecule has 7 heteroatoms. The second-order valence-electron chi connectivity index (χ2n) is 6.27. The van der Waals surface area contributed by atoms with Crippen molar-refractivity contribution in [3.05, 3.63) is 35.9 Å². The lowest BCUT2D eigenvalue weighted by atomic mass is 10.0. The van der Waals surface area contributed by atoms with E-state index in [1.165, 1.54) is 5.56 Å². The Kier molecular flexibility index (Phi) is 9.81. The molecular weight excluding hydrogens is 431 g/mol. The summed E-state index contributed by atoms with van der Waals surface area (Å²) < 4.78 is 5.73. The van der Waals surface area contributed by atoms with Crippen LogP contribution in [0.3, 0.4) is 0 Å². The topological polar surface area (TPSA) is 74.8 Å². The van der Waals surface area contributed by atoms with E-state index in [0.717, 1.165) is 25.9 Å². The molecule has 25 heavy (non-hydrogen) atoms. The summed E-state index contributed by atoms with van der Waals surface area (Å²) in [6.45, 7) is 4.42. The molecule has 0 spiro atoms. The first-order chi connectivity index (χ1) is 11.6. The molecule has 1 saturated heterocycles. The number of amides is 1. The average Bonchev–Trinajstić information content (AvgIpc) is 3.03. The van der Waals surface area contributed by atoms with Gasteiger partial charge in [-0.15, -0.1) is 24.0 Å². The summed E-state index contributed by atoms with van der Waals surface area (Å²) in [6, 6.07) is 10.1. The van der Waals surface area contributed by atoms with Gasteiger partial charge in [0.05, 0.1) is 12.1 Å². The van der Waals surface area contributed by atoms with Crippen molar-refractivity contribution in [3.8, 4) is 0 Å². The van der Waals surface area contributed by atoms with Gasteiger partial charge in [0, 0.05) is 26.7 Å². The minimum atomic E-state index is -0.143. The molecule has 1 unspecified atom stereocenters. The van der Waals surface area contributed by atoms with Crippen LogP contribution in [0.5, 0.6) is 0 Å². The summed E-state index contributed by atoms with van der Waals surface area (Å²) in [5.74, 6) is 0.571. The van der Waals surface area contributed by atoms with Crippen LogP contribution in [-0.2, 0) is 16.0 Å². The Labute approximate surface area is 167 Å². The monoisotopic (exact) mass is 460 g/mol. The van der Waals surface area contributed by atoms with Crippen molar-refractivity contribution in [2.75, 3.05) is 33.3 Å². The molecule has 6 nitrogen and oxygen atoms in total. The Morgan fingerprint density at radius 3 is 2.64 bits per heavy atom. The molecule has 1 aromatic rings. The Hall–Kier alpha value is -1.35. The maximum absolute atomic E-state index is 11.9. The number of carbonyl (C=O) groups is 1. The number of nitrogens with one attached hydrogen (secondary N) is 3. The van der Waals surface area contributed by atoms with E-state index in [-0.39, 0.29) is 42.0 Å². The van der Waals surface area contributed by atoms with Crippen molar-refractivity contribution in [2.45, 2.75) is 31.8 Å². The molecule has 1 aromatic carbocycles. The molecule has 0 radical (unpaired) electrons. The molecule has 0 bridgehead atoms. The molecule has 1 aliphatic rings. The van der Waals surface area contributed by atoms with Crippen LogP contribution in [-0.4, -0.2) is 50.8 Å². The van der Waals surface area contributed by atoms with Gasteiger partial charge in [-0.1, -0.05) is 30.3 Å². The first kappa shape index (κ1) is 21.7. The molecule has 0 aromatic heterocycles. The van der Waals surface area contributed by atoms with Gasteiger partial charge in [-0.05, 0) is 31.7 Å². The van der Waals surface area contributed by atoms with Crippen molar-refractivity contribution < 1.29 is 9.53 Å². The normalized spacial score (nSPS) is 19.8. The number of guanidine groups is 1. The summed E-state index contributed by atoms with van der Waals surface area (Å²) in [5.41, 5.74) is 1.07. The van der Waals surface area contributed by atoms with E-state index in [4.69, 9.17) is 4.74 Å². The molecule has 140 valence electrons. The Morgan fingerprint density at radius 1 is 1.24 bits per heavy atom. The minimum absolute atomic E-state index is 0.